The van der Waals surface area contributed by atoms with Crippen molar-refractivity contribution in [1.29, 1.82) is 0 Å². The molecule has 1 fully saturated rings. The summed E-state index contributed by atoms with van der Waals surface area (Å²) in [6.45, 7) is 5.68. The van der Waals surface area contributed by atoms with Gasteiger partial charge >= 0.3 is 0 Å². The molecule has 2 rings (SSSR count). The molecule has 1 aliphatic rings. The van der Waals surface area contributed by atoms with Crippen molar-refractivity contribution in [2.75, 3.05) is 13.2 Å². The smallest absolute Gasteiger partial charge is 0.127 e. The molecular weight excluding hydrogens is 277 g/mol. The van der Waals surface area contributed by atoms with E-state index >= 15 is 0 Å². The maximum absolute atomic E-state index is 13.6. The van der Waals surface area contributed by atoms with Crippen LogP contribution in [0.3, 0.4) is 0 Å². The zero-order valence-corrected chi connectivity index (χ0v) is 13.0. The van der Waals surface area contributed by atoms with Crippen molar-refractivity contribution in [2.45, 2.75) is 51.7 Å². The number of halogens is 2. The van der Waals surface area contributed by atoms with Crippen molar-refractivity contribution < 1.29 is 9.13 Å². The molecule has 1 aromatic carbocycles. The second kappa shape index (κ2) is 7.39. The van der Waals surface area contributed by atoms with Crippen LogP contribution < -0.4 is 5.32 Å². The van der Waals surface area contributed by atoms with Crippen LogP contribution in [-0.2, 0) is 4.74 Å². The molecule has 0 bridgehead atoms. The predicted molar refractivity (Wildman–Crippen MR) is 80.8 cm³/mol. The lowest BCUT2D eigenvalue weighted by Crippen LogP contribution is -2.26. The lowest BCUT2D eigenvalue weighted by molar-refractivity contribution is 0.0946. The fourth-order valence-electron chi connectivity index (χ4n) is 2.68. The maximum Gasteiger partial charge on any atom is 0.127 e. The van der Waals surface area contributed by atoms with Crippen LogP contribution in [0.25, 0.3) is 0 Å². The molecule has 4 heteroatoms. The van der Waals surface area contributed by atoms with Crippen LogP contribution in [-0.4, -0.2) is 19.3 Å². The van der Waals surface area contributed by atoms with Gasteiger partial charge in [0.1, 0.15) is 5.82 Å². The molecule has 0 aliphatic carbocycles. The summed E-state index contributed by atoms with van der Waals surface area (Å²) >= 11 is 6.24. The normalized spacial score (nSPS) is 20.3. The van der Waals surface area contributed by atoms with Gasteiger partial charge in [-0.3, -0.25) is 0 Å². The topological polar surface area (TPSA) is 21.3 Å². The highest BCUT2D eigenvalue weighted by molar-refractivity contribution is 6.31. The summed E-state index contributed by atoms with van der Waals surface area (Å²) in [5.41, 5.74) is 1.62. The minimum Gasteiger partial charge on any atom is -0.378 e. The third-order valence-electron chi connectivity index (χ3n) is 3.82. The largest absolute Gasteiger partial charge is 0.378 e. The molecule has 1 aliphatic heterocycles. The Kier molecular flexibility index (Phi) is 5.82. The summed E-state index contributed by atoms with van der Waals surface area (Å²) in [5, 5.41) is 4.01. The van der Waals surface area contributed by atoms with E-state index in [0.29, 0.717) is 10.6 Å². The van der Waals surface area contributed by atoms with E-state index in [1.165, 1.54) is 6.07 Å². The van der Waals surface area contributed by atoms with Crippen LogP contribution in [0.2, 0.25) is 5.02 Å². The average molecular weight is 300 g/mol. The van der Waals surface area contributed by atoms with Crippen LogP contribution in [0.15, 0.2) is 12.1 Å². The zero-order chi connectivity index (χ0) is 14.5. The quantitative estimate of drug-likeness (QED) is 0.841. The number of hydrogen-bond donors (Lipinski definition) is 1. The highest BCUT2D eigenvalue weighted by atomic mass is 35.5. The fourth-order valence-corrected chi connectivity index (χ4v) is 2.96. The molecule has 0 aromatic heterocycles. The summed E-state index contributed by atoms with van der Waals surface area (Å²) < 4.78 is 19.3. The van der Waals surface area contributed by atoms with E-state index in [1.54, 1.807) is 6.92 Å². The minimum atomic E-state index is -0.245. The molecule has 0 spiro atoms. The molecule has 1 N–H and O–H groups in total. The van der Waals surface area contributed by atoms with Gasteiger partial charge in [0.2, 0.25) is 0 Å². The monoisotopic (exact) mass is 299 g/mol. The first-order valence-electron chi connectivity index (χ1n) is 7.42. The molecular formula is C16H23ClFNO. The lowest BCUT2D eigenvalue weighted by atomic mass is 9.97. The summed E-state index contributed by atoms with van der Waals surface area (Å²) in [7, 11) is 0. The number of hydrogen-bond acceptors (Lipinski definition) is 2. The van der Waals surface area contributed by atoms with Crippen LogP contribution >= 0.6 is 11.6 Å². The molecule has 1 aromatic rings. The van der Waals surface area contributed by atoms with Gasteiger partial charge in [0.05, 0.1) is 6.10 Å². The predicted octanol–water partition coefficient (Wildman–Crippen LogP) is 4.40. The van der Waals surface area contributed by atoms with Crippen molar-refractivity contribution >= 4 is 11.6 Å². The van der Waals surface area contributed by atoms with Crippen molar-refractivity contribution in [2.24, 2.45) is 0 Å². The number of ether oxygens (including phenoxy) is 1. The molecule has 2 unspecified atom stereocenters. The Balaban J connectivity index is 2.18. The molecule has 20 heavy (non-hydrogen) atoms. The SMILES string of the molecule is CCCNC(CC1CCCO1)c1cc(C)c(F)cc1Cl. The summed E-state index contributed by atoms with van der Waals surface area (Å²) in [6.07, 6.45) is 4.46. The van der Waals surface area contributed by atoms with E-state index in [4.69, 9.17) is 16.3 Å². The standard InChI is InChI=1S/C16H23ClFNO/c1-3-6-19-16(9-12-5-4-7-20-12)13-8-11(2)15(18)10-14(13)17/h8,10,12,16,19H,3-7,9H2,1-2H3. The van der Waals surface area contributed by atoms with Gasteiger partial charge in [-0.2, -0.15) is 0 Å². The number of aryl methyl sites for hydroxylation is 1. The molecule has 1 saturated heterocycles. The number of rotatable bonds is 6. The fraction of sp³-hybridized carbons (Fsp3) is 0.625. The van der Waals surface area contributed by atoms with Crippen LogP contribution in [0.1, 0.15) is 49.8 Å². The van der Waals surface area contributed by atoms with Gasteiger partial charge in [0.25, 0.3) is 0 Å². The second-order valence-electron chi connectivity index (χ2n) is 5.50. The number of benzene rings is 1. The molecule has 2 nitrogen and oxygen atoms in total. The first kappa shape index (κ1) is 15.7. The maximum atomic E-state index is 13.6. The number of nitrogens with one attached hydrogen (secondary N) is 1. The van der Waals surface area contributed by atoms with Crippen LogP contribution in [0, 0.1) is 12.7 Å². The summed E-state index contributed by atoms with van der Waals surface area (Å²) in [6, 6.07) is 3.41. The first-order chi connectivity index (χ1) is 9.61. The molecule has 112 valence electrons. The van der Waals surface area contributed by atoms with Crippen molar-refractivity contribution in [3.63, 3.8) is 0 Å². The second-order valence-corrected chi connectivity index (χ2v) is 5.91. The van der Waals surface area contributed by atoms with E-state index in [9.17, 15) is 4.39 Å². The van der Waals surface area contributed by atoms with Crippen molar-refractivity contribution in [1.82, 2.24) is 5.32 Å². The van der Waals surface area contributed by atoms with Gasteiger partial charge in [-0.1, -0.05) is 24.6 Å². The Morgan fingerprint density at radius 2 is 2.30 bits per heavy atom. The zero-order valence-electron chi connectivity index (χ0n) is 12.2. The van der Waals surface area contributed by atoms with Gasteiger partial charge < -0.3 is 10.1 Å². The van der Waals surface area contributed by atoms with E-state index in [1.807, 2.05) is 6.07 Å². The Labute approximate surface area is 125 Å². The lowest BCUT2D eigenvalue weighted by Gasteiger charge is -2.23. The Hall–Kier alpha value is -0.640. The molecule has 1 heterocycles. The molecule has 0 amide bonds. The van der Waals surface area contributed by atoms with Crippen LogP contribution in [0.5, 0.6) is 0 Å². The highest BCUT2D eigenvalue weighted by Gasteiger charge is 2.23. The third-order valence-corrected chi connectivity index (χ3v) is 4.14. The Morgan fingerprint density at radius 3 is 2.95 bits per heavy atom. The summed E-state index contributed by atoms with van der Waals surface area (Å²) in [4.78, 5) is 0. The Bertz CT molecular complexity index is 446. The van der Waals surface area contributed by atoms with E-state index in [-0.39, 0.29) is 18.0 Å². The van der Waals surface area contributed by atoms with Crippen LogP contribution in [0.4, 0.5) is 4.39 Å². The molecule has 2 atom stereocenters. The van der Waals surface area contributed by atoms with E-state index in [2.05, 4.69) is 12.2 Å². The van der Waals surface area contributed by atoms with Gasteiger partial charge in [-0.15, -0.1) is 0 Å². The van der Waals surface area contributed by atoms with Crippen molar-refractivity contribution in [3.05, 3.63) is 34.1 Å². The highest BCUT2D eigenvalue weighted by Crippen LogP contribution is 2.31. The first-order valence-corrected chi connectivity index (χ1v) is 7.80. The van der Waals surface area contributed by atoms with Gasteiger partial charge in [-0.25, -0.2) is 4.39 Å². The molecule has 0 radical (unpaired) electrons. The van der Waals surface area contributed by atoms with Gasteiger partial charge in [-0.05, 0) is 56.3 Å². The summed E-state index contributed by atoms with van der Waals surface area (Å²) in [5.74, 6) is -0.245. The molecule has 0 saturated carbocycles. The average Bonchev–Trinajstić information content (AvgIpc) is 2.92. The van der Waals surface area contributed by atoms with Gasteiger partial charge in [0.15, 0.2) is 0 Å². The van der Waals surface area contributed by atoms with E-state index in [0.717, 1.165) is 44.4 Å². The van der Waals surface area contributed by atoms with Gasteiger partial charge in [0, 0.05) is 17.7 Å². The van der Waals surface area contributed by atoms with Crippen molar-refractivity contribution in [3.8, 4) is 0 Å². The van der Waals surface area contributed by atoms with E-state index < -0.39 is 0 Å². The Morgan fingerprint density at radius 1 is 1.50 bits per heavy atom. The third kappa shape index (κ3) is 3.94. The minimum absolute atomic E-state index is 0.129.